The van der Waals surface area contributed by atoms with Crippen LogP contribution < -0.4 is 5.32 Å². The van der Waals surface area contributed by atoms with Crippen molar-refractivity contribution in [3.05, 3.63) is 42.4 Å². The van der Waals surface area contributed by atoms with Crippen LogP contribution in [0, 0.1) is 5.41 Å². The first-order chi connectivity index (χ1) is 12.7. The number of nitrogens with zero attached hydrogens (tertiary/aromatic N) is 4. The molecule has 2 N–H and O–H groups in total. The van der Waals surface area contributed by atoms with Crippen LogP contribution in [0.3, 0.4) is 0 Å². The van der Waals surface area contributed by atoms with Crippen molar-refractivity contribution in [3.63, 3.8) is 0 Å². The fourth-order valence-electron chi connectivity index (χ4n) is 4.19. The number of carbonyl (C=O) groups is 1. The zero-order valence-corrected chi connectivity index (χ0v) is 14.6. The third-order valence-corrected chi connectivity index (χ3v) is 5.53. The molecule has 0 bridgehead atoms. The first-order valence-electron chi connectivity index (χ1n) is 9.09. The highest BCUT2D eigenvalue weighted by atomic mass is 16.4. The summed E-state index contributed by atoms with van der Waals surface area (Å²) in [5.41, 5.74) is 1.07. The van der Waals surface area contributed by atoms with E-state index in [9.17, 15) is 9.90 Å². The second-order valence-corrected chi connectivity index (χ2v) is 7.20. The summed E-state index contributed by atoms with van der Waals surface area (Å²) in [6.07, 6.45) is 7.87. The third kappa shape index (κ3) is 3.20. The van der Waals surface area contributed by atoms with Gasteiger partial charge in [-0.15, -0.1) is 0 Å². The topological polar surface area (TPSA) is 91.2 Å². The van der Waals surface area contributed by atoms with E-state index < -0.39 is 11.4 Å². The molecular formula is C19H23N5O2. The molecule has 2 aliphatic heterocycles. The Balaban J connectivity index is 1.46. The Bertz CT molecular complexity index is 767. The molecule has 0 unspecified atom stereocenters. The molecule has 0 spiro atoms. The second-order valence-electron chi connectivity index (χ2n) is 7.20. The lowest BCUT2D eigenvalue weighted by Crippen LogP contribution is -2.62. The quantitative estimate of drug-likeness (QED) is 0.862. The lowest BCUT2D eigenvalue weighted by molar-refractivity contribution is -0.157. The van der Waals surface area contributed by atoms with Gasteiger partial charge in [0.2, 0.25) is 0 Å². The maximum atomic E-state index is 12.0. The Morgan fingerprint density at radius 2 is 2.15 bits per heavy atom. The van der Waals surface area contributed by atoms with Gasteiger partial charge in [-0.3, -0.25) is 14.7 Å². The summed E-state index contributed by atoms with van der Waals surface area (Å²) in [5.74, 6) is -0.0762. The number of piperidine rings is 2. The number of carboxylic acids is 1. The zero-order valence-electron chi connectivity index (χ0n) is 14.6. The van der Waals surface area contributed by atoms with Crippen molar-refractivity contribution in [2.75, 3.05) is 19.6 Å². The molecule has 2 aromatic heterocycles. The Kier molecular flexibility index (Phi) is 4.65. The number of rotatable bonds is 4. The minimum Gasteiger partial charge on any atom is -0.481 e. The second kappa shape index (κ2) is 7.09. The molecule has 2 aliphatic rings. The number of fused-ring (bicyclic) bond motifs is 1. The van der Waals surface area contributed by atoms with Gasteiger partial charge < -0.3 is 10.4 Å². The van der Waals surface area contributed by atoms with Gasteiger partial charge >= 0.3 is 5.97 Å². The Labute approximate surface area is 152 Å². The largest absolute Gasteiger partial charge is 0.481 e. The Morgan fingerprint density at radius 3 is 2.88 bits per heavy atom. The van der Waals surface area contributed by atoms with Crippen molar-refractivity contribution in [2.24, 2.45) is 5.41 Å². The number of aromatic nitrogens is 3. The molecule has 0 aliphatic carbocycles. The van der Waals surface area contributed by atoms with Gasteiger partial charge in [-0.25, -0.2) is 9.97 Å². The normalized spacial score (nSPS) is 26.2. The highest BCUT2D eigenvalue weighted by molar-refractivity contribution is 5.76. The predicted octanol–water partition coefficient (Wildman–Crippen LogP) is 1.57. The number of hydrogen-bond acceptors (Lipinski definition) is 6. The fourth-order valence-corrected chi connectivity index (χ4v) is 4.19. The molecule has 136 valence electrons. The van der Waals surface area contributed by atoms with E-state index in [0.29, 0.717) is 18.9 Å². The zero-order chi connectivity index (χ0) is 18.0. The molecule has 4 heterocycles. The minimum absolute atomic E-state index is 0.0766. The molecule has 4 rings (SSSR count). The molecule has 0 saturated carbocycles. The molecular weight excluding hydrogens is 330 g/mol. The Hall–Kier alpha value is -2.38. The van der Waals surface area contributed by atoms with Crippen LogP contribution >= 0.6 is 0 Å². The van der Waals surface area contributed by atoms with Crippen LogP contribution in [0.1, 0.15) is 24.8 Å². The summed E-state index contributed by atoms with van der Waals surface area (Å²) < 4.78 is 0. The SMILES string of the molecule is O=C(O)[C@]12CCCN[C@@H]1CCN(Cc1cnc(-c3ccccn3)nc1)C2. The number of aliphatic carboxylic acids is 1. The van der Waals surface area contributed by atoms with Crippen LogP contribution in [0.4, 0.5) is 0 Å². The van der Waals surface area contributed by atoms with Gasteiger partial charge in [0.25, 0.3) is 0 Å². The summed E-state index contributed by atoms with van der Waals surface area (Å²) in [7, 11) is 0. The molecule has 0 amide bonds. The molecule has 7 heteroatoms. The summed E-state index contributed by atoms with van der Waals surface area (Å²) in [6.45, 7) is 3.05. The van der Waals surface area contributed by atoms with Crippen molar-refractivity contribution in [2.45, 2.75) is 31.8 Å². The van der Waals surface area contributed by atoms with E-state index >= 15 is 0 Å². The summed E-state index contributed by atoms with van der Waals surface area (Å²) in [6, 6.07) is 5.73. The van der Waals surface area contributed by atoms with Gasteiger partial charge in [0, 0.05) is 49.8 Å². The van der Waals surface area contributed by atoms with Gasteiger partial charge in [0.1, 0.15) is 5.69 Å². The molecule has 7 nitrogen and oxygen atoms in total. The van der Waals surface area contributed by atoms with Crippen molar-refractivity contribution in [1.29, 1.82) is 0 Å². The van der Waals surface area contributed by atoms with Gasteiger partial charge in [-0.2, -0.15) is 0 Å². The lowest BCUT2D eigenvalue weighted by Gasteiger charge is -2.48. The van der Waals surface area contributed by atoms with Crippen LogP contribution in [0.2, 0.25) is 0 Å². The van der Waals surface area contributed by atoms with Crippen LogP contribution in [0.25, 0.3) is 11.5 Å². The van der Waals surface area contributed by atoms with Gasteiger partial charge in [-0.05, 0) is 37.9 Å². The highest BCUT2D eigenvalue weighted by Gasteiger charge is 2.50. The van der Waals surface area contributed by atoms with E-state index in [4.69, 9.17) is 0 Å². The predicted molar refractivity (Wildman–Crippen MR) is 96.3 cm³/mol. The average molecular weight is 353 g/mol. The standard InChI is InChI=1S/C19H23N5O2/c25-18(26)19-6-3-8-21-16(19)5-9-24(13-19)12-14-10-22-17(23-11-14)15-4-1-2-7-20-15/h1-2,4,7,10-11,16,21H,3,5-6,8-9,12-13H2,(H,25,26)/t16-,19+/m1/s1. The van der Waals surface area contributed by atoms with E-state index in [-0.39, 0.29) is 6.04 Å². The van der Waals surface area contributed by atoms with Crippen molar-refractivity contribution in [3.8, 4) is 11.5 Å². The minimum atomic E-state index is -0.679. The number of nitrogens with one attached hydrogen (secondary N) is 1. The van der Waals surface area contributed by atoms with Crippen molar-refractivity contribution >= 4 is 5.97 Å². The maximum Gasteiger partial charge on any atom is 0.312 e. The van der Waals surface area contributed by atoms with Crippen molar-refractivity contribution < 1.29 is 9.90 Å². The molecule has 26 heavy (non-hydrogen) atoms. The van der Waals surface area contributed by atoms with E-state index in [1.165, 1.54) is 0 Å². The molecule has 0 radical (unpaired) electrons. The number of likely N-dealkylation sites (tertiary alicyclic amines) is 1. The number of hydrogen-bond donors (Lipinski definition) is 2. The van der Waals surface area contributed by atoms with E-state index in [1.807, 2.05) is 30.6 Å². The van der Waals surface area contributed by atoms with Crippen LogP contribution in [-0.2, 0) is 11.3 Å². The van der Waals surface area contributed by atoms with E-state index in [1.54, 1.807) is 6.20 Å². The first kappa shape index (κ1) is 17.1. The van der Waals surface area contributed by atoms with Crippen LogP contribution in [0.5, 0.6) is 0 Å². The number of carboxylic acid groups (broad SMARTS) is 1. The molecule has 2 aromatic rings. The summed E-state index contributed by atoms with van der Waals surface area (Å²) >= 11 is 0. The lowest BCUT2D eigenvalue weighted by atomic mass is 9.70. The van der Waals surface area contributed by atoms with Crippen LogP contribution in [-0.4, -0.2) is 56.6 Å². The van der Waals surface area contributed by atoms with Crippen molar-refractivity contribution in [1.82, 2.24) is 25.2 Å². The van der Waals surface area contributed by atoms with E-state index in [2.05, 4.69) is 25.2 Å². The third-order valence-electron chi connectivity index (χ3n) is 5.53. The molecule has 0 aromatic carbocycles. The molecule has 2 atom stereocenters. The van der Waals surface area contributed by atoms with Gasteiger partial charge in [0.05, 0.1) is 5.41 Å². The fraction of sp³-hybridized carbons (Fsp3) is 0.474. The maximum absolute atomic E-state index is 12.0. The highest BCUT2D eigenvalue weighted by Crippen LogP contribution is 2.38. The smallest absolute Gasteiger partial charge is 0.312 e. The first-order valence-corrected chi connectivity index (χ1v) is 9.09. The number of pyridine rings is 1. The summed E-state index contributed by atoms with van der Waals surface area (Å²) in [5, 5.41) is 13.3. The Morgan fingerprint density at radius 1 is 1.31 bits per heavy atom. The van der Waals surface area contributed by atoms with Crippen LogP contribution in [0.15, 0.2) is 36.8 Å². The molecule has 2 fully saturated rings. The van der Waals surface area contributed by atoms with Gasteiger partial charge in [-0.1, -0.05) is 6.07 Å². The summed E-state index contributed by atoms with van der Waals surface area (Å²) in [4.78, 5) is 27.3. The molecule has 2 saturated heterocycles. The van der Waals surface area contributed by atoms with Gasteiger partial charge in [0.15, 0.2) is 5.82 Å². The monoisotopic (exact) mass is 353 g/mol. The average Bonchev–Trinajstić information content (AvgIpc) is 2.69. The van der Waals surface area contributed by atoms with E-state index in [0.717, 1.165) is 43.6 Å².